The summed E-state index contributed by atoms with van der Waals surface area (Å²) < 4.78 is 13.0. The molecular weight excluding hydrogens is 269 g/mol. The second kappa shape index (κ2) is 6.87. The number of nitrogens with zero attached hydrogens (tertiary/aromatic N) is 1. The minimum Gasteiger partial charge on any atom is -0.481 e. The Morgan fingerprint density at radius 3 is 2.58 bits per heavy atom. The first kappa shape index (κ1) is 15.9. The van der Waals surface area contributed by atoms with E-state index >= 15 is 0 Å². The highest BCUT2D eigenvalue weighted by Crippen LogP contribution is 2.29. The van der Waals surface area contributed by atoms with E-state index in [-0.39, 0.29) is 24.3 Å². The molecule has 2 atom stereocenters. The minimum absolute atomic E-state index is 0.0625. The Morgan fingerprint density at radius 2 is 2.11 bits per heavy atom. The number of aliphatic carboxylic acids is 1. The van der Waals surface area contributed by atoms with Gasteiger partial charge in [0.2, 0.25) is 0 Å². The Hall–Kier alpha value is -1.13. The molecule has 0 saturated carbocycles. The predicted molar refractivity (Wildman–Crippen MR) is 73.9 cm³/mol. The smallest absolute Gasteiger partial charge is 0.304 e. The second-order valence-electron chi connectivity index (χ2n) is 4.62. The first-order valence-electron chi connectivity index (χ1n) is 6.29. The number of rotatable bonds is 6. The summed E-state index contributed by atoms with van der Waals surface area (Å²) in [5.41, 5.74) is 0.808. The van der Waals surface area contributed by atoms with Crippen molar-refractivity contribution in [2.75, 3.05) is 6.54 Å². The van der Waals surface area contributed by atoms with Gasteiger partial charge in [0.15, 0.2) is 0 Å². The maximum atomic E-state index is 13.0. The fraction of sp³-hybridized carbons (Fsp3) is 0.500. The van der Waals surface area contributed by atoms with Crippen LogP contribution in [0.15, 0.2) is 18.2 Å². The van der Waals surface area contributed by atoms with Crippen molar-refractivity contribution in [3.05, 3.63) is 34.6 Å². The molecule has 0 saturated heterocycles. The van der Waals surface area contributed by atoms with E-state index < -0.39 is 5.97 Å². The fourth-order valence-electron chi connectivity index (χ4n) is 2.36. The summed E-state index contributed by atoms with van der Waals surface area (Å²) in [5, 5.41) is 9.24. The first-order valence-corrected chi connectivity index (χ1v) is 6.67. The van der Waals surface area contributed by atoms with Crippen LogP contribution in [-0.4, -0.2) is 28.6 Å². The predicted octanol–water partition coefficient (Wildman–Crippen LogP) is 3.73. The van der Waals surface area contributed by atoms with Crippen LogP contribution in [0.3, 0.4) is 0 Å². The van der Waals surface area contributed by atoms with Gasteiger partial charge in [0.25, 0.3) is 0 Å². The molecule has 2 unspecified atom stereocenters. The van der Waals surface area contributed by atoms with Gasteiger partial charge >= 0.3 is 5.97 Å². The first-order chi connectivity index (χ1) is 8.86. The average molecular weight is 288 g/mol. The van der Waals surface area contributed by atoms with E-state index in [9.17, 15) is 9.18 Å². The number of carboxylic acids is 1. The van der Waals surface area contributed by atoms with Gasteiger partial charge in [-0.15, -0.1) is 0 Å². The van der Waals surface area contributed by atoms with Gasteiger partial charge in [-0.05, 0) is 38.1 Å². The molecule has 0 fully saturated rings. The quantitative estimate of drug-likeness (QED) is 0.867. The maximum absolute atomic E-state index is 13.0. The van der Waals surface area contributed by atoms with Gasteiger partial charge in [0, 0.05) is 17.1 Å². The lowest BCUT2D eigenvalue weighted by molar-refractivity contribution is -0.138. The second-order valence-corrected chi connectivity index (χ2v) is 5.03. The number of hydrogen-bond donors (Lipinski definition) is 1. The van der Waals surface area contributed by atoms with Gasteiger partial charge < -0.3 is 5.11 Å². The number of carboxylic acid groups (broad SMARTS) is 1. The summed E-state index contributed by atoms with van der Waals surface area (Å²) in [6.07, 6.45) is 0.0665. The van der Waals surface area contributed by atoms with Gasteiger partial charge in [-0.2, -0.15) is 0 Å². The topological polar surface area (TPSA) is 40.5 Å². The van der Waals surface area contributed by atoms with Crippen LogP contribution < -0.4 is 0 Å². The van der Waals surface area contributed by atoms with Crippen LogP contribution >= 0.6 is 11.6 Å². The van der Waals surface area contributed by atoms with Crippen molar-refractivity contribution in [1.82, 2.24) is 4.90 Å². The van der Waals surface area contributed by atoms with Crippen LogP contribution in [-0.2, 0) is 4.79 Å². The molecule has 1 aromatic rings. The van der Waals surface area contributed by atoms with Crippen molar-refractivity contribution in [2.45, 2.75) is 39.3 Å². The van der Waals surface area contributed by atoms with Crippen molar-refractivity contribution >= 4 is 17.6 Å². The molecule has 1 aromatic carbocycles. The molecule has 1 N–H and O–H groups in total. The third-order valence-electron chi connectivity index (χ3n) is 3.31. The van der Waals surface area contributed by atoms with Gasteiger partial charge in [0.05, 0.1) is 6.42 Å². The number of halogens is 2. The lowest BCUT2D eigenvalue weighted by Crippen LogP contribution is -2.36. The van der Waals surface area contributed by atoms with Crippen LogP contribution in [0.5, 0.6) is 0 Å². The Morgan fingerprint density at radius 1 is 1.47 bits per heavy atom. The van der Waals surface area contributed by atoms with Gasteiger partial charge in [-0.1, -0.05) is 24.6 Å². The zero-order chi connectivity index (χ0) is 14.6. The van der Waals surface area contributed by atoms with E-state index in [1.807, 2.05) is 25.7 Å². The molecule has 0 aliphatic rings. The largest absolute Gasteiger partial charge is 0.481 e. The molecule has 0 heterocycles. The highest BCUT2D eigenvalue weighted by Gasteiger charge is 2.23. The Kier molecular flexibility index (Phi) is 5.76. The van der Waals surface area contributed by atoms with Crippen LogP contribution in [0.1, 0.15) is 38.8 Å². The van der Waals surface area contributed by atoms with Crippen molar-refractivity contribution in [2.24, 2.45) is 0 Å². The zero-order valence-corrected chi connectivity index (χ0v) is 12.1. The monoisotopic (exact) mass is 287 g/mol. The van der Waals surface area contributed by atoms with Crippen LogP contribution in [0.4, 0.5) is 4.39 Å². The highest BCUT2D eigenvalue weighted by atomic mass is 35.5. The van der Waals surface area contributed by atoms with Crippen molar-refractivity contribution in [3.63, 3.8) is 0 Å². The molecule has 1 rings (SSSR count). The summed E-state index contributed by atoms with van der Waals surface area (Å²) in [5.74, 6) is -1.20. The highest BCUT2D eigenvalue weighted by molar-refractivity contribution is 6.31. The average Bonchev–Trinajstić information content (AvgIpc) is 2.28. The normalized spacial score (nSPS) is 14.4. The molecule has 0 bridgehead atoms. The SMILES string of the molecule is CCN(C(C)CC(=O)O)C(C)c1ccc(F)cc1Cl. The van der Waals surface area contributed by atoms with Crippen molar-refractivity contribution in [1.29, 1.82) is 0 Å². The van der Waals surface area contributed by atoms with E-state index in [1.54, 1.807) is 6.07 Å². The molecule has 0 aromatic heterocycles. The summed E-state index contributed by atoms with van der Waals surface area (Å²) in [6.45, 7) is 6.47. The fourth-order valence-corrected chi connectivity index (χ4v) is 2.68. The minimum atomic E-state index is -0.830. The maximum Gasteiger partial charge on any atom is 0.304 e. The zero-order valence-electron chi connectivity index (χ0n) is 11.4. The molecule has 19 heavy (non-hydrogen) atoms. The van der Waals surface area contributed by atoms with Crippen molar-refractivity contribution in [3.8, 4) is 0 Å². The third kappa shape index (κ3) is 4.18. The molecule has 0 radical (unpaired) electrons. The molecule has 0 aliphatic heterocycles. The Balaban J connectivity index is 2.94. The number of benzene rings is 1. The lowest BCUT2D eigenvalue weighted by atomic mass is 10.0. The number of hydrogen-bond acceptors (Lipinski definition) is 2. The summed E-state index contributed by atoms with van der Waals surface area (Å²) in [6, 6.07) is 4.13. The summed E-state index contributed by atoms with van der Waals surface area (Å²) in [7, 11) is 0. The summed E-state index contributed by atoms with van der Waals surface area (Å²) >= 11 is 6.05. The standard InChI is InChI=1S/C14H19ClFNO2/c1-4-17(9(2)7-14(18)19)10(3)12-6-5-11(16)8-13(12)15/h5-6,8-10H,4,7H2,1-3H3,(H,18,19). The Bertz CT molecular complexity index is 453. The molecule has 0 spiro atoms. The van der Waals surface area contributed by atoms with E-state index in [2.05, 4.69) is 0 Å². The van der Waals surface area contributed by atoms with E-state index in [0.29, 0.717) is 11.6 Å². The van der Waals surface area contributed by atoms with Crippen LogP contribution in [0.2, 0.25) is 5.02 Å². The van der Waals surface area contributed by atoms with E-state index in [4.69, 9.17) is 16.7 Å². The van der Waals surface area contributed by atoms with E-state index in [1.165, 1.54) is 12.1 Å². The van der Waals surface area contributed by atoms with Crippen molar-refractivity contribution < 1.29 is 14.3 Å². The van der Waals surface area contributed by atoms with E-state index in [0.717, 1.165) is 5.56 Å². The van der Waals surface area contributed by atoms with Crippen LogP contribution in [0.25, 0.3) is 0 Å². The Labute approximate surface area is 118 Å². The van der Waals surface area contributed by atoms with Gasteiger partial charge in [-0.25, -0.2) is 4.39 Å². The summed E-state index contributed by atoms with van der Waals surface area (Å²) in [4.78, 5) is 12.8. The third-order valence-corrected chi connectivity index (χ3v) is 3.64. The molecule has 106 valence electrons. The number of carbonyl (C=O) groups is 1. The molecular formula is C14H19ClFNO2. The van der Waals surface area contributed by atoms with Gasteiger partial charge in [0.1, 0.15) is 5.82 Å². The lowest BCUT2D eigenvalue weighted by Gasteiger charge is -2.33. The van der Waals surface area contributed by atoms with Gasteiger partial charge in [-0.3, -0.25) is 9.69 Å². The molecule has 0 aliphatic carbocycles. The van der Waals surface area contributed by atoms with Crippen LogP contribution in [0, 0.1) is 5.82 Å². The molecule has 5 heteroatoms. The molecule has 0 amide bonds. The molecule has 3 nitrogen and oxygen atoms in total.